The Bertz CT molecular complexity index is 327. The normalized spacial score (nSPS) is 17.9. The fourth-order valence-electron chi connectivity index (χ4n) is 2.22. The number of hydrogen-bond acceptors (Lipinski definition) is 2. The van der Waals surface area contributed by atoms with Crippen LogP contribution in [-0.4, -0.2) is 18.3 Å². The average molecular weight is 228 g/mol. The number of aliphatic hydroxyl groups is 1. The smallest absolute Gasteiger partial charge is 0.0437 e. The van der Waals surface area contributed by atoms with Crippen molar-refractivity contribution in [2.45, 2.75) is 25.7 Å². The van der Waals surface area contributed by atoms with Gasteiger partial charge < -0.3 is 10.4 Å². The lowest BCUT2D eigenvalue weighted by Gasteiger charge is -2.08. The van der Waals surface area contributed by atoms with Crippen molar-refractivity contribution >= 4 is 18.1 Å². The minimum Gasteiger partial charge on any atom is -0.396 e. The fourth-order valence-corrected chi connectivity index (χ4v) is 2.22. The van der Waals surface area contributed by atoms with Crippen LogP contribution in [0.5, 0.6) is 0 Å². The third-order valence-corrected chi connectivity index (χ3v) is 3.01. The zero-order valence-electron chi connectivity index (χ0n) is 8.99. The van der Waals surface area contributed by atoms with Crippen LogP contribution < -0.4 is 5.32 Å². The predicted octanol–water partition coefficient (Wildman–Crippen LogP) is 2.56. The highest BCUT2D eigenvalue weighted by atomic mass is 35.5. The van der Waals surface area contributed by atoms with E-state index in [1.165, 1.54) is 16.8 Å². The van der Waals surface area contributed by atoms with E-state index in [2.05, 4.69) is 30.4 Å². The van der Waals surface area contributed by atoms with Gasteiger partial charge in [-0.25, -0.2) is 0 Å². The average Bonchev–Trinajstić information content (AvgIpc) is 2.62. The summed E-state index contributed by atoms with van der Waals surface area (Å²) in [6.45, 7) is 3.44. The van der Waals surface area contributed by atoms with Crippen molar-refractivity contribution in [3.8, 4) is 0 Å². The van der Waals surface area contributed by atoms with E-state index in [-0.39, 0.29) is 19.0 Å². The first-order chi connectivity index (χ1) is 6.86. The number of aliphatic hydroxyl groups excluding tert-OH is 1. The molecule has 0 fully saturated rings. The zero-order valence-corrected chi connectivity index (χ0v) is 9.81. The Morgan fingerprint density at radius 2 is 2.27 bits per heavy atom. The maximum Gasteiger partial charge on any atom is 0.0437 e. The summed E-state index contributed by atoms with van der Waals surface area (Å²) in [7, 11) is 0. The van der Waals surface area contributed by atoms with E-state index in [4.69, 9.17) is 5.11 Å². The van der Waals surface area contributed by atoms with Crippen LogP contribution in [0, 0.1) is 0 Å². The van der Waals surface area contributed by atoms with E-state index >= 15 is 0 Å². The third kappa shape index (κ3) is 2.27. The van der Waals surface area contributed by atoms with E-state index in [1.54, 1.807) is 0 Å². The summed E-state index contributed by atoms with van der Waals surface area (Å²) >= 11 is 0. The summed E-state index contributed by atoms with van der Waals surface area (Å²) in [5.74, 6) is 0.501. The minimum atomic E-state index is 0. The van der Waals surface area contributed by atoms with Crippen LogP contribution in [-0.2, 0) is 6.42 Å². The molecule has 1 aromatic rings. The molecule has 2 rings (SSSR count). The minimum absolute atomic E-state index is 0. The molecule has 0 amide bonds. The highest BCUT2D eigenvalue weighted by Gasteiger charge is 2.22. The molecule has 0 spiro atoms. The molecule has 0 radical (unpaired) electrons. The monoisotopic (exact) mass is 227 g/mol. The second-order valence-corrected chi connectivity index (χ2v) is 3.83. The molecule has 0 saturated carbocycles. The van der Waals surface area contributed by atoms with Crippen molar-refractivity contribution in [3.63, 3.8) is 0 Å². The second kappa shape index (κ2) is 5.38. The molecule has 0 aromatic heterocycles. The predicted molar refractivity (Wildman–Crippen MR) is 66.0 cm³/mol. The largest absolute Gasteiger partial charge is 0.396 e. The number of nitrogens with one attached hydrogen (secondary N) is 1. The van der Waals surface area contributed by atoms with Gasteiger partial charge in [0.2, 0.25) is 0 Å². The highest BCUT2D eigenvalue weighted by molar-refractivity contribution is 5.85. The van der Waals surface area contributed by atoms with Crippen molar-refractivity contribution in [1.29, 1.82) is 0 Å². The topological polar surface area (TPSA) is 32.3 Å². The molecule has 0 aliphatic carbocycles. The van der Waals surface area contributed by atoms with Crippen molar-refractivity contribution in [1.82, 2.24) is 0 Å². The first-order valence-electron chi connectivity index (χ1n) is 5.33. The number of aryl methyl sites for hydroxylation is 1. The van der Waals surface area contributed by atoms with E-state index in [0.29, 0.717) is 5.92 Å². The van der Waals surface area contributed by atoms with E-state index in [1.807, 2.05) is 0 Å². The van der Waals surface area contributed by atoms with Crippen LogP contribution in [0.15, 0.2) is 18.2 Å². The summed E-state index contributed by atoms with van der Waals surface area (Å²) in [6.07, 6.45) is 1.94. The van der Waals surface area contributed by atoms with E-state index < -0.39 is 0 Å². The Labute approximate surface area is 97.1 Å². The molecular weight excluding hydrogens is 210 g/mol. The summed E-state index contributed by atoms with van der Waals surface area (Å²) in [4.78, 5) is 0. The van der Waals surface area contributed by atoms with E-state index in [9.17, 15) is 0 Å². The van der Waals surface area contributed by atoms with Crippen molar-refractivity contribution in [3.05, 3.63) is 29.3 Å². The molecule has 1 heterocycles. The van der Waals surface area contributed by atoms with Gasteiger partial charge in [-0.15, -0.1) is 12.4 Å². The molecule has 15 heavy (non-hydrogen) atoms. The molecule has 2 nitrogen and oxygen atoms in total. The van der Waals surface area contributed by atoms with Gasteiger partial charge in [-0.2, -0.15) is 0 Å². The first-order valence-corrected chi connectivity index (χ1v) is 5.33. The zero-order chi connectivity index (χ0) is 9.97. The molecule has 1 atom stereocenters. The van der Waals surface area contributed by atoms with Gasteiger partial charge in [-0.05, 0) is 24.0 Å². The molecule has 0 saturated heterocycles. The Balaban J connectivity index is 0.00000112. The number of halogens is 1. The Kier molecular flexibility index (Phi) is 4.43. The van der Waals surface area contributed by atoms with Gasteiger partial charge in [0.25, 0.3) is 0 Å². The van der Waals surface area contributed by atoms with Crippen LogP contribution in [0.4, 0.5) is 5.69 Å². The van der Waals surface area contributed by atoms with Crippen LogP contribution in [0.25, 0.3) is 0 Å². The standard InChI is InChI=1S/C12H17NO.ClH/c1-2-9-4-3-5-11-10(6-7-14)8-13-12(9)11;/h3-5,10,13-14H,2,6-8H2,1H3;1H. The van der Waals surface area contributed by atoms with Gasteiger partial charge in [0, 0.05) is 24.8 Å². The van der Waals surface area contributed by atoms with Gasteiger partial charge in [0.1, 0.15) is 0 Å². The van der Waals surface area contributed by atoms with Crippen molar-refractivity contribution < 1.29 is 5.11 Å². The molecule has 84 valence electrons. The summed E-state index contributed by atoms with van der Waals surface area (Å²) < 4.78 is 0. The third-order valence-electron chi connectivity index (χ3n) is 3.01. The number of para-hydroxylation sites is 1. The SMILES string of the molecule is CCc1cccc2c1NCC2CCO.Cl. The lowest BCUT2D eigenvalue weighted by molar-refractivity contribution is 0.278. The maximum absolute atomic E-state index is 8.95. The molecule has 1 unspecified atom stereocenters. The van der Waals surface area contributed by atoms with Gasteiger partial charge >= 0.3 is 0 Å². The fraction of sp³-hybridized carbons (Fsp3) is 0.500. The Morgan fingerprint density at radius 1 is 1.47 bits per heavy atom. The van der Waals surface area contributed by atoms with E-state index in [0.717, 1.165) is 19.4 Å². The van der Waals surface area contributed by atoms with Crippen LogP contribution in [0.2, 0.25) is 0 Å². The number of anilines is 1. The lowest BCUT2D eigenvalue weighted by atomic mass is 9.96. The van der Waals surface area contributed by atoms with Crippen molar-refractivity contribution in [2.24, 2.45) is 0 Å². The number of fused-ring (bicyclic) bond motifs is 1. The van der Waals surface area contributed by atoms with Gasteiger partial charge in [-0.3, -0.25) is 0 Å². The molecule has 0 bridgehead atoms. The molecule has 3 heteroatoms. The van der Waals surface area contributed by atoms with Gasteiger partial charge in [0.15, 0.2) is 0 Å². The van der Waals surface area contributed by atoms with Gasteiger partial charge in [0.05, 0.1) is 0 Å². The summed E-state index contributed by atoms with van der Waals surface area (Å²) in [5, 5.41) is 12.4. The molecule has 1 aliphatic rings. The highest BCUT2D eigenvalue weighted by Crippen LogP contribution is 2.35. The quantitative estimate of drug-likeness (QED) is 0.832. The Morgan fingerprint density at radius 3 is 2.93 bits per heavy atom. The van der Waals surface area contributed by atoms with Crippen LogP contribution >= 0.6 is 12.4 Å². The summed E-state index contributed by atoms with van der Waals surface area (Å²) in [6, 6.07) is 6.47. The van der Waals surface area contributed by atoms with Crippen molar-refractivity contribution in [2.75, 3.05) is 18.5 Å². The van der Waals surface area contributed by atoms with Crippen LogP contribution in [0.3, 0.4) is 0 Å². The number of hydrogen-bond donors (Lipinski definition) is 2. The Hall–Kier alpha value is -0.730. The number of benzene rings is 1. The number of rotatable bonds is 3. The van der Waals surface area contributed by atoms with Crippen LogP contribution in [0.1, 0.15) is 30.4 Å². The molecule has 1 aliphatic heterocycles. The molecule has 1 aromatic carbocycles. The molecule has 2 N–H and O–H groups in total. The maximum atomic E-state index is 8.95. The molecular formula is C12H18ClNO. The first kappa shape index (κ1) is 12.3. The summed E-state index contributed by atoms with van der Waals surface area (Å²) in [5.41, 5.74) is 4.09. The lowest BCUT2D eigenvalue weighted by Crippen LogP contribution is -2.03. The van der Waals surface area contributed by atoms with Gasteiger partial charge in [-0.1, -0.05) is 25.1 Å². The second-order valence-electron chi connectivity index (χ2n) is 3.83.